The lowest BCUT2D eigenvalue weighted by atomic mass is 10.1. The van der Waals surface area contributed by atoms with Crippen molar-refractivity contribution in [1.29, 1.82) is 0 Å². The lowest BCUT2D eigenvalue weighted by molar-refractivity contribution is 0.191. The van der Waals surface area contributed by atoms with Crippen LogP contribution in [0.25, 0.3) is 0 Å². The Morgan fingerprint density at radius 1 is 1.38 bits per heavy atom. The third kappa shape index (κ3) is 4.09. The number of methoxy groups -OCH3 is 1. The van der Waals surface area contributed by atoms with Gasteiger partial charge in [0.15, 0.2) is 0 Å². The molecular formula is C15H14BrClFNO2. The molecular weight excluding hydrogens is 361 g/mol. The molecule has 0 aromatic heterocycles. The Balaban J connectivity index is 2.09. The highest BCUT2D eigenvalue weighted by Gasteiger charge is 2.12. The normalized spacial score (nSPS) is 12.0. The van der Waals surface area contributed by atoms with E-state index < -0.39 is 11.9 Å². The predicted molar refractivity (Wildman–Crippen MR) is 85.6 cm³/mol. The molecule has 0 radical (unpaired) electrons. The molecule has 2 N–H and O–H groups in total. The van der Waals surface area contributed by atoms with E-state index in [4.69, 9.17) is 16.3 Å². The number of hydrogen-bond acceptors (Lipinski definition) is 3. The molecule has 3 nitrogen and oxygen atoms in total. The fourth-order valence-corrected chi connectivity index (χ4v) is 2.84. The molecule has 0 bridgehead atoms. The van der Waals surface area contributed by atoms with Crippen LogP contribution in [0.4, 0.5) is 10.1 Å². The molecule has 0 heterocycles. The van der Waals surface area contributed by atoms with E-state index in [0.717, 1.165) is 5.56 Å². The molecule has 21 heavy (non-hydrogen) atoms. The van der Waals surface area contributed by atoms with Crippen LogP contribution in [0.2, 0.25) is 5.02 Å². The van der Waals surface area contributed by atoms with Crippen molar-refractivity contribution in [2.24, 2.45) is 0 Å². The van der Waals surface area contributed by atoms with Crippen molar-refractivity contribution in [2.75, 3.05) is 19.0 Å². The summed E-state index contributed by atoms with van der Waals surface area (Å²) in [5.74, 6) is 0.248. The van der Waals surface area contributed by atoms with Crippen LogP contribution in [0.5, 0.6) is 5.75 Å². The van der Waals surface area contributed by atoms with Crippen LogP contribution in [0.3, 0.4) is 0 Å². The highest BCUT2D eigenvalue weighted by Crippen LogP contribution is 2.32. The maximum Gasteiger partial charge on any atom is 0.125 e. The minimum absolute atomic E-state index is 0.233. The number of aliphatic hydroxyl groups excluding tert-OH is 1. The Hall–Kier alpha value is -1.30. The largest absolute Gasteiger partial charge is 0.497 e. The zero-order valence-electron chi connectivity index (χ0n) is 11.2. The Labute approximate surface area is 135 Å². The number of halogens is 3. The first-order valence-electron chi connectivity index (χ1n) is 6.21. The van der Waals surface area contributed by atoms with Gasteiger partial charge in [0.05, 0.1) is 23.9 Å². The van der Waals surface area contributed by atoms with E-state index in [1.165, 1.54) is 12.1 Å². The van der Waals surface area contributed by atoms with E-state index in [9.17, 15) is 9.50 Å². The van der Waals surface area contributed by atoms with Crippen molar-refractivity contribution in [1.82, 2.24) is 0 Å². The monoisotopic (exact) mass is 373 g/mol. The number of anilines is 1. The third-order valence-electron chi connectivity index (χ3n) is 2.96. The second kappa shape index (κ2) is 7.11. The number of nitrogens with one attached hydrogen (secondary N) is 1. The zero-order chi connectivity index (χ0) is 15.4. The molecule has 6 heteroatoms. The molecule has 0 spiro atoms. The van der Waals surface area contributed by atoms with Gasteiger partial charge in [0.25, 0.3) is 0 Å². The van der Waals surface area contributed by atoms with Gasteiger partial charge in [-0.15, -0.1) is 0 Å². The van der Waals surface area contributed by atoms with E-state index in [1.807, 2.05) is 0 Å². The van der Waals surface area contributed by atoms with Crippen molar-refractivity contribution in [2.45, 2.75) is 6.10 Å². The zero-order valence-corrected chi connectivity index (χ0v) is 13.6. The van der Waals surface area contributed by atoms with Crippen molar-refractivity contribution in [3.05, 3.63) is 57.3 Å². The van der Waals surface area contributed by atoms with E-state index >= 15 is 0 Å². The van der Waals surface area contributed by atoms with Crippen molar-refractivity contribution in [3.8, 4) is 5.75 Å². The Morgan fingerprint density at radius 2 is 2.14 bits per heavy atom. The molecule has 1 atom stereocenters. The molecule has 2 aromatic rings. The molecule has 0 fully saturated rings. The first-order valence-corrected chi connectivity index (χ1v) is 7.39. The first-order chi connectivity index (χ1) is 10.0. The summed E-state index contributed by atoms with van der Waals surface area (Å²) < 4.78 is 18.8. The maximum absolute atomic E-state index is 13.2. The van der Waals surface area contributed by atoms with Crippen LogP contribution in [0.1, 0.15) is 11.7 Å². The van der Waals surface area contributed by atoms with Gasteiger partial charge in [-0.3, -0.25) is 0 Å². The lowest BCUT2D eigenvalue weighted by Gasteiger charge is -2.16. The molecule has 0 saturated carbocycles. The van der Waals surface area contributed by atoms with Crippen LogP contribution >= 0.6 is 27.5 Å². The Kier molecular flexibility index (Phi) is 5.45. The fourth-order valence-electron chi connectivity index (χ4n) is 1.88. The quantitative estimate of drug-likeness (QED) is 0.815. The lowest BCUT2D eigenvalue weighted by Crippen LogP contribution is -2.13. The van der Waals surface area contributed by atoms with E-state index in [2.05, 4.69) is 21.2 Å². The maximum atomic E-state index is 13.2. The smallest absolute Gasteiger partial charge is 0.125 e. The van der Waals surface area contributed by atoms with Crippen LogP contribution < -0.4 is 10.1 Å². The van der Waals surface area contributed by atoms with Gasteiger partial charge in [0.1, 0.15) is 11.6 Å². The molecule has 112 valence electrons. The van der Waals surface area contributed by atoms with Gasteiger partial charge in [0.2, 0.25) is 0 Å². The van der Waals surface area contributed by atoms with Gasteiger partial charge >= 0.3 is 0 Å². The van der Waals surface area contributed by atoms with E-state index in [-0.39, 0.29) is 11.6 Å². The van der Waals surface area contributed by atoms with Gasteiger partial charge in [-0.2, -0.15) is 0 Å². The SMILES string of the molecule is COc1cccc(C(O)CNc2c(Cl)cc(F)cc2Br)c1. The molecule has 0 amide bonds. The summed E-state index contributed by atoms with van der Waals surface area (Å²) in [5, 5.41) is 13.4. The molecule has 0 aliphatic carbocycles. The number of rotatable bonds is 5. The highest BCUT2D eigenvalue weighted by molar-refractivity contribution is 9.10. The summed E-state index contributed by atoms with van der Waals surface area (Å²) in [6.07, 6.45) is -0.742. The van der Waals surface area contributed by atoms with Gasteiger partial charge in [-0.05, 0) is 45.8 Å². The number of benzene rings is 2. The van der Waals surface area contributed by atoms with Crippen molar-refractivity contribution in [3.63, 3.8) is 0 Å². The number of aliphatic hydroxyl groups is 1. The van der Waals surface area contributed by atoms with Crippen LogP contribution in [-0.2, 0) is 0 Å². The van der Waals surface area contributed by atoms with Gasteiger partial charge < -0.3 is 15.2 Å². The summed E-state index contributed by atoms with van der Waals surface area (Å²) >= 11 is 9.22. The molecule has 1 unspecified atom stereocenters. The fraction of sp³-hybridized carbons (Fsp3) is 0.200. The standard InChI is InChI=1S/C15H14BrClFNO2/c1-21-11-4-2-3-9(5-11)14(20)8-19-15-12(16)6-10(18)7-13(15)17/h2-7,14,19-20H,8H2,1H3. The van der Waals surface area contributed by atoms with Crippen molar-refractivity contribution >= 4 is 33.2 Å². The summed E-state index contributed by atoms with van der Waals surface area (Å²) in [6, 6.07) is 9.69. The second-order valence-corrected chi connectivity index (χ2v) is 5.68. The van der Waals surface area contributed by atoms with Crippen molar-refractivity contribution < 1.29 is 14.2 Å². The van der Waals surface area contributed by atoms with Crippen LogP contribution in [-0.4, -0.2) is 18.8 Å². The van der Waals surface area contributed by atoms with Crippen LogP contribution in [0.15, 0.2) is 40.9 Å². The molecule has 2 aromatic carbocycles. The third-order valence-corrected chi connectivity index (χ3v) is 3.88. The number of hydrogen-bond donors (Lipinski definition) is 2. The number of ether oxygens (including phenoxy) is 1. The van der Waals surface area contributed by atoms with Gasteiger partial charge in [-0.1, -0.05) is 23.7 Å². The second-order valence-electron chi connectivity index (χ2n) is 4.42. The molecule has 0 saturated heterocycles. The van der Waals surface area contributed by atoms with Gasteiger partial charge in [-0.25, -0.2) is 4.39 Å². The topological polar surface area (TPSA) is 41.5 Å². The molecule has 0 aliphatic rings. The summed E-state index contributed by atoms with van der Waals surface area (Å²) in [4.78, 5) is 0. The minimum atomic E-state index is -0.742. The highest BCUT2D eigenvalue weighted by atomic mass is 79.9. The van der Waals surface area contributed by atoms with Gasteiger partial charge in [0, 0.05) is 11.0 Å². The summed E-state index contributed by atoms with van der Waals surface area (Å²) in [5.41, 5.74) is 1.26. The molecule has 0 aliphatic heterocycles. The summed E-state index contributed by atoms with van der Waals surface area (Å²) in [7, 11) is 1.57. The predicted octanol–water partition coefficient (Wildman–Crippen LogP) is 4.40. The Morgan fingerprint density at radius 3 is 2.81 bits per heavy atom. The molecule has 2 rings (SSSR count). The summed E-state index contributed by atoms with van der Waals surface area (Å²) in [6.45, 7) is 0.233. The van der Waals surface area contributed by atoms with Crippen LogP contribution in [0, 0.1) is 5.82 Å². The average Bonchev–Trinajstić information content (AvgIpc) is 2.46. The average molecular weight is 375 g/mol. The first kappa shape index (κ1) is 16.1. The van der Waals surface area contributed by atoms with E-state index in [0.29, 0.717) is 15.9 Å². The Bertz CT molecular complexity index is 616. The minimum Gasteiger partial charge on any atom is -0.497 e. The van der Waals surface area contributed by atoms with E-state index in [1.54, 1.807) is 31.4 Å².